The van der Waals surface area contributed by atoms with Gasteiger partial charge in [0, 0.05) is 31.8 Å². The van der Waals surface area contributed by atoms with Crippen molar-refractivity contribution in [2.24, 2.45) is 0 Å². The number of rotatable bonds is 9. The molecular formula is C22H31N3O4S. The van der Waals surface area contributed by atoms with E-state index in [1.165, 1.54) is 0 Å². The maximum absolute atomic E-state index is 12.8. The average Bonchev–Trinajstić information content (AvgIpc) is 3.06. The van der Waals surface area contributed by atoms with Gasteiger partial charge in [0.1, 0.15) is 0 Å². The summed E-state index contributed by atoms with van der Waals surface area (Å²) in [7, 11) is -3.35. The summed E-state index contributed by atoms with van der Waals surface area (Å²) in [4.78, 5) is 12.5. The lowest BCUT2D eigenvalue weighted by Gasteiger charge is -2.29. The molecule has 1 fully saturated rings. The molecule has 1 aromatic carbocycles. The number of amides is 1. The molecule has 1 N–H and O–H groups in total. The fraction of sp³-hybridized carbons (Fsp3) is 0.545. The Balaban J connectivity index is 1.39. The summed E-state index contributed by atoms with van der Waals surface area (Å²) in [6, 6.07) is 10.6. The number of benzene rings is 1. The molecule has 30 heavy (non-hydrogen) atoms. The van der Waals surface area contributed by atoms with Gasteiger partial charge < -0.3 is 10.1 Å². The smallest absolute Gasteiger partial charge is 0.220 e. The van der Waals surface area contributed by atoms with E-state index in [0.717, 1.165) is 24.4 Å². The molecule has 1 aliphatic heterocycles. The quantitative estimate of drug-likeness (QED) is 0.657. The first kappa shape index (κ1) is 22.5. The van der Waals surface area contributed by atoms with Gasteiger partial charge in [-0.3, -0.25) is 9.48 Å². The summed E-state index contributed by atoms with van der Waals surface area (Å²) in [6.45, 7) is 5.60. The van der Waals surface area contributed by atoms with E-state index in [1.807, 2.05) is 30.7 Å². The van der Waals surface area contributed by atoms with Gasteiger partial charge in [-0.1, -0.05) is 18.2 Å². The number of ether oxygens (including phenoxy) is 1. The van der Waals surface area contributed by atoms with E-state index in [0.29, 0.717) is 43.7 Å². The molecule has 0 spiro atoms. The largest absolute Gasteiger partial charge is 0.378 e. The molecule has 8 heteroatoms. The fourth-order valence-corrected chi connectivity index (χ4v) is 5.68. The Hall–Kier alpha value is -2.19. The van der Waals surface area contributed by atoms with Crippen LogP contribution in [-0.2, 0) is 25.9 Å². The maximum Gasteiger partial charge on any atom is 0.220 e. The number of hydrogen-bond acceptors (Lipinski definition) is 5. The molecular weight excluding hydrogens is 402 g/mol. The van der Waals surface area contributed by atoms with Crippen LogP contribution in [0.5, 0.6) is 0 Å². The lowest BCUT2D eigenvalue weighted by molar-refractivity contribution is -0.121. The number of carbonyl (C=O) groups excluding carboxylic acids is 1. The van der Waals surface area contributed by atoms with E-state index < -0.39 is 15.1 Å². The SMILES string of the molecule is Cc1cc(C)n(CCCC(=O)NCC[C@@H]2C[C@@H](S(=O)(=O)c3ccccc3)CCO2)n1. The predicted octanol–water partition coefficient (Wildman–Crippen LogP) is 2.81. The highest BCUT2D eigenvalue weighted by atomic mass is 32.2. The first-order valence-electron chi connectivity index (χ1n) is 10.5. The second-order valence-electron chi connectivity index (χ2n) is 7.89. The number of carbonyl (C=O) groups is 1. The molecule has 1 aromatic heterocycles. The second-order valence-corrected chi connectivity index (χ2v) is 10.1. The second kappa shape index (κ2) is 10.2. The minimum Gasteiger partial charge on any atom is -0.378 e. The first-order chi connectivity index (χ1) is 14.4. The van der Waals surface area contributed by atoms with Crippen LogP contribution in [0.4, 0.5) is 0 Å². The Bertz CT molecular complexity index is 941. The summed E-state index contributed by atoms with van der Waals surface area (Å²) in [5.41, 5.74) is 2.08. The summed E-state index contributed by atoms with van der Waals surface area (Å²) >= 11 is 0. The van der Waals surface area contributed by atoms with Crippen molar-refractivity contribution in [1.82, 2.24) is 15.1 Å². The van der Waals surface area contributed by atoms with Crippen LogP contribution in [0.3, 0.4) is 0 Å². The first-order valence-corrected chi connectivity index (χ1v) is 12.1. The molecule has 2 heterocycles. The third-order valence-corrected chi connectivity index (χ3v) is 7.73. The van der Waals surface area contributed by atoms with Crippen LogP contribution in [-0.4, -0.2) is 48.6 Å². The van der Waals surface area contributed by atoms with Crippen molar-refractivity contribution in [2.75, 3.05) is 13.2 Å². The van der Waals surface area contributed by atoms with Gasteiger partial charge in [-0.15, -0.1) is 0 Å². The van der Waals surface area contributed by atoms with Crippen LogP contribution in [0.15, 0.2) is 41.3 Å². The van der Waals surface area contributed by atoms with Crippen LogP contribution in [0.2, 0.25) is 0 Å². The molecule has 0 unspecified atom stereocenters. The van der Waals surface area contributed by atoms with Crippen molar-refractivity contribution in [3.63, 3.8) is 0 Å². The van der Waals surface area contributed by atoms with Gasteiger partial charge >= 0.3 is 0 Å². The molecule has 0 saturated carbocycles. The van der Waals surface area contributed by atoms with Gasteiger partial charge in [0.2, 0.25) is 5.91 Å². The van der Waals surface area contributed by atoms with Gasteiger partial charge in [-0.25, -0.2) is 8.42 Å². The number of hydrogen-bond donors (Lipinski definition) is 1. The lowest BCUT2D eigenvalue weighted by Crippen LogP contribution is -2.36. The fourth-order valence-electron chi connectivity index (χ4n) is 3.88. The Kier molecular flexibility index (Phi) is 7.66. The standard InChI is InChI=1S/C22H31N3O4S/c1-17-15-18(2)25(24-17)13-6-9-22(26)23-12-10-19-16-21(11-14-29-19)30(27,28)20-7-4-3-5-8-20/h3-5,7-8,15,19,21H,6,9-14,16H2,1-2H3,(H,23,26)/t19-,21+/m1/s1. The number of aromatic nitrogens is 2. The zero-order valence-electron chi connectivity index (χ0n) is 17.7. The van der Waals surface area contributed by atoms with E-state index in [2.05, 4.69) is 10.4 Å². The van der Waals surface area contributed by atoms with Crippen molar-refractivity contribution < 1.29 is 17.9 Å². The van der Waals surface area contributed by atoms with Crippen LogP contribution in [0.25, 0.3) is 0 Å². The highest BCUT2D eigenvalue weighted by Crippen LogP contribution is 2.27. The molecule has 2 atom stereocenters. The van der Waals surface area contributed by atoms with Crippen LogP contribution in [0.1, 0.15) is 43.5 Å². The molecule has 0 bridgehead atoms. The topological polar surface area (TPSA) is 90.3 Å². The van der Waals surface area contributed by atoms with E-state index in [4.69, 9.17) is 4.74 Å². The van der Waals surface area contributed by atoms with Crippen molar-refractivity contribution >= 4 is 15.7 Å². The summed E-state index contributed by atoms with van der Waals surface area (Å²) in [5, 5.41) is 6.89. The minimum atomic E-state index is -3.35. The summed E-state index contributed by atoms with van der Waals surface area (Å²) in [6.07, 6.45) is 2.60. The third kappa shape index (κ3) is 5.92. The van der Waals surface area contributed by atoms with Crippen LogP contribution >= 0.6 is 0 Å². The Labute approximate surface area is 178 Å². The maximum atomic E-state index is 12.8. The predicted molar refractivity (Wildman–Crippen MR) is 115 cm³/mol. The van der Waals surface area contributed by atoms with Crippen molar-refractivity contribution in [3.8, 4) is 0 Å². The monoisotopic (exact) mass is 433 g/mol. The van der Waals surface area contributed by atoms with Gasteiger partial charge in [0.25, 0.3) is 0 Å². The molecule has 0 radical (unpaired) electrons. The van der Waals surface area contributed by atoms with Crippen LogP contribution < -0.4 is 5.32 Å². The third-order valence-electron chi connectivity index (χ3n) is 5.50. The molecule has 164 valence electrons. The number of aryl methyl sites for hydroxylation is 3. The Morgan fingerprint density at radius 2 is 2.03 bits per heavy atom. The molecule has 1 saturated heterocycles. The molecule has 1 amide bonds. The number of sulfone groups is 1. The van der Waals surface area contributed by atoms with Crippen molar-refractivity contribution in [1.29, 1.82) is 0 Å². The van der Waals surface area contributed by atoms with E-state index >= 15 is 0 Å². The van der Waals surface area contributed by atoms with E-state index in [9.17, 15) is 13.2 Å². The van der Waals surface area contributed by atoms with Gasteiger partial charge in [0.05, 0.1) is 21.9 Å². The van der Waals surface area contributed by atoms with Gasteiger partial charge in [0.15, 0.2) is 9.84 Å². The van der Waals surface area contributed by atoms with Crippen molar-refractivity contribution in [2.45, 2.75) is 68.7 Å². The number of nitrogens with one attached hydrogen (secondary N) is 1. The van der Waals surface area contributed by atoms with Gasteiger partial charge in [-0.2, -0.15) is 5.10 Å². The van der Waals surface area contributed by atoms with Gasteiger partial charge in [-0.05, 0) is 57.7 Å². The Morgan fingerprint density at radius 3 is 2.73 bits per heavy atom. The molecule has 2 aromatic rings. The van der Waals surface area contributed by atoms with Crippen molar-refractivity contribution in [3.05, 3.63) is 47.8 Å². The summed E-state index contributed by atoms with van der Waals surface area (Å²) < 4.78 is 33.4. The zero-order chi connectivity index (χ0) is 21.6. The average molecular weight is 434 g/mol. The number of nitrogens with zero attached hydrogens (tertiary/aromatic N) is 2. The van der Waals surface area contributed by atoms with Crippen LogP contribution in [0, 0.1) is 13.8 Å². The zero-order valence-corrected chi connectivity index (χ0v) is 18.5. The highest BCUT2D eigenvalue weighted by molar-refractivity contribution is 7.92. The van der Waals surface area contributed by atoms with E-state index in [-0.39, 0.29) is 12.0 Å². The molecule has 7 nitrogen and oxygen atoms in total. The lowest BCUT2D eigenvalue weighted by atomic mass is 10.1. The minimum absolute atomic E-state index is 0.000739. The Morgan fingerprint density at radius 1 is 1.27 bits per heavy atom. The normalized spacial score (nSPS) is 19.5. The molecule has 1 aliphatic rings. The molecule has 0 aliphatic carbocycles. The molecule has 3 rings (SSSR count). The highest BCUT2D eigenvalue weighted by Gasteiger charge is 2.33. The summed E-state index contributed by atoms with van der Waals surface area (Å²) in [5.74, 6) is 0.000739. The van der Waals surface area contributed by atoms with E-state index in [1.54, 1.807) is 24.3 Å².